The lowest BCUT2D eigenvalue weighted by molar-refractivity contribution is -0.112. The Hall–Kier alpha value is -3.11. The van der Waals surface area contributed by atoms with E-state index in [0.717, 1.165) is 4.47 Å². The Morgan fingerprint density at radius 2 is 1.83 bits per heavy atom. The van der Waals surface area contributed by atoms with Gasteiger partial charge >= 0.3 is 5.97 Å². The molecule has 0 atom stereocenters. The number of nitriles is 1. The Kier molecular flexibility index (Phi) is 5.71. The van der Waals surface area contributed by atoms with Gasteiger partial charge in [0.2, 0.25) is 0 Å². The Morgan fingerprint density at radius 1 is 1.12 bits per heavy atom. The zero-order valence-corrected chi connectivity index (χ0v) is 13.9. The van der Waals surface area contributed by atoms with Crippen molar-refractivity contribution >= 4 is 39.2 Å². The van der Waals surface area contributed by atoms with Gasteiger partial charge in [-0.1, -0.05) is 22.0 Å². The van der Waals surface area contributed by atoms with Crippen LogP contribution in [0.1, 0.15) is 10.4 Å². The van der Waals surface area contributed by atoms with Crippen LogP contribution in [0.3, 0.4) is 0 Å². The maximum Gasteiger partial charge on any atom is 0.335 e. The van der Waals surface area contributed by atoms with E-state index in [0.29, 0.717) is 11.4 Å². The molecule has 2 rings (SSSR count). The number of carbonyl (C=O) groups is 2. The summed E-state index contributed by atoms with van der Waals surface area (Å²) in [5, 5.41) is 23.4. The average Bonchev–Trinajstić information content (AvgIpc) is 2.57. The molecule has 0 heterocycles. The van der Waals surface area contributed by atoms with Crippen molar-refractivity contribution in [1.29, 1.82) is 5.26 Å². The number of nitrogens with zero attached hydrogens (tertiary/aromatic N) is 1. The summed E-state index contributed by atoms with van der Waals surface area (Å²) in [6, 6.07) is 14.8. The Bertz CT molecular complexity index is 839. The number of aromatic carboxylic acids is 1. The fourth-order valence-corrected chi connectivity index (χ4v) is 2.04. The van der Waals surface area contributed by atoms with Gasteiger partial charge in [0.05, 0.1) is 5.56 Å². The van der Waals surface area contributed by atoms with E-state index in [1.54, 1.807) is 42.5 Å². The predicted molar refractivity (Wildman–Crippen MR) is 93.5 cm³/mol. The summed E-state index contributed by atoms with van der Waals surface area (Å²) in [5.41, 5.74) is 0.973. The lowest BCUT2D eigenvalue weighted by Gasteiger charge is -2.06. The predicted octanol–water partition coefficient (Wildman–Crippen LogP) is 3.61. The van der Waals surface area contributed by atoms with Gasteiger partial charge < -0.3 is 15.7 Å². The maximum absolute atomic E-state index is 12.1. The van der Waals surface area contributed by atoms with E-state index < -0.39 is 11.9 Å². The van der Waals surface area contributed by atoms with Crippen LogP contribution in [0, 0.1) is 11.3 Å². The number of anilines is 2. The molecule has 0 unspecified atom stereocenters. The summed E-state index contributed by atoms with van der Waals surface area (Å²) in [6.07, 6.45) is 1.23. The number of hydrogen-bond donors (Lipinski definition) is 3. The minimum atomic E-state index is -1.06. The molecule has 0 bridgehead atoms. The van der Waals surface area contributed by atoms with E-state index in [2.05, 4.69) is 26.6 Å². The normalized spacial score (nSPS) is 10.6. The fourth-order valence-electron chi connectivity index (χ4n) is 1.78. The number of halogens is 1. The summed E-state index contributed by atoms with van der Waals surface area (Å²) in [4.78, 5) is 23.0. The first-order chi connectivity index (χ1) is 11.5. The summed E-state index contributed by atoms with van der Waals surface area (Å²) in [7, 11) is 0. The number of nitrogens with one attached hydrogen (secondary N) is 2. The number of amides is 1. The van der Waals surface area contributed by atoms with E-state index in [-0.39, 0.29) is 11.1 Å². The fraction of sp³-hybridized carbons (Fsp3) is 0. The molecule has 24 heavy (non-hydrogen) atoms. The van der Waals surface area contributed by atoms with Crippen LogP contribution in [0.25, 0.3) is 0 Å². The molecule has 2 aromatic rings. The number of rotatable bonds is 5. The molecule has 1 amide bonds. The second-order valence-corrected chi connectivity index (χ2v) is 5.58. The third-order valence-corrected chi connectivity index (χ3v) is 3.49. The van der Waals surface area contributed by atoms with Gasteiger partial charge in [0, 0.05) is 22.0 Å². The summed E-state index contributed by atoms with van der Waals surface area (Å²) in [6.45, 7) is 0. The molecule has 6 nitrogen and oxygen atoms in total. The highest BCUT2D eigenvalue weighted by Crippen LogP contribution is 2.15. The van der Waals surface area contributed by atoms with Crippen LogP contribution in [0.4, 0.5) is 11.4 Å². The van der Waals surface area contributed by atoms with Crippen LogP contribution in [-0.4, -0.2) is 17.0 Å². The molecule has 0 aliphatic rings. The lowest BCUT2D eigenvalue weighted by atomic mass is 10.2. The van der Waals surface area contributed by atoms with Gasteiger partial charge in [0.1, 0.15) is 11.6 Å². The molecule has 0 saturated carbocycles. The molecule has 0 saturated heterocycles. The Morgan fingerprint density at radius 3 is 2.46 bits per heavy atom. The standard InChI is InChI=1S/C17H12BrN3O3/c18-13-4-6-14(7-5-13)21-16(22)12(9-19)10-20-15-3-1-2-11(8-15)17(23)24/h1-8,10,20H,(H,21,22)(H,23,24)/b12-10-. The molecular formula is C17H12BrN3O3. The molecule has 2 aromatic carbocycles. The first-order valence-corrected chi connectivity index (χ1v) is 7.56. The van der Waals surface area contributed by atoms with E-state index in [9.17, 15) is 9.59 Å². The van der Waals surface area contributed by atoms with E-state index in [1.807, 2.05) is 0 Å². The van der Waals surface area contributed by atoms with Gasteiger partial charge in [-0.15, -0.1) is 0 Å². The summed E-state index contributed by atoms with van der Waals surface area (Å²) in [5.74, 6) is -1.63. The first kappa shape index (κ1) is 17.2. The topological polar surface area (TPSA) is 102 Å². The number of benzene rings is 2. The number of carboxylic acids is 1. The molecular weight excluding hydrogens is 374 g/mol. The molecule has 3 N–H and O–H groups in total. The highest BCUT2D eigenvalue weighted by Gasteiger charge is 2.09. The molecule has 0 aromatic heterocycles. The van der Waals surface area contributed by atoms with Crippen LogP contribution >= 0.6 is 15.9 Å². The van der Waals surface area contributed by atoms with Gasteiger partial charge in [-0.25, -0.2) is 4.79 Å². The van der Waals surface area contributed by atoms with Crippen LogP contribution < -0.4 is 10.6 Å². The van der Waals surface area contributed by atoms with Crippen molar-refractivity contribution < 1.29 is 14.7 Å². The molecule has 0 spiro atoms. The van der Waals surface area contributed by atoms with Crippen molar-refractivity contribution in [2.24, 2.45) is 0 Å². The second-order valence-electron chi connectivity index (χ2n) is 4.66. The van der Waals surface area contributed by atoms with Gasteiger partial charge in [0.15, 0.2) is 0 Å². The average molecular weight is 386 g/mol. The zero-order valence-electron chi connectivity index (χ0n) is 12.3. The number of carboxylic acid groups (broad SMARTS) is 1. The van der Waals surface area contributed by atoms with Crippen LogP contribution in [-0.2, 0) is 4.79 Å². The molecule has 0 fully saturated rings. The largest absolute Gasteiger partial charge is 0.478 e. The van der Waals surface area contributed by atoms with Crippen molar-refractivity contribution in [1.82, 2.24) is 0 Å². The molecule has 120 valence electrons. The molecule has 0 radical (unpaired) electrons. The Labute approximate surface area is 146 Å². The van der Waals surface area contributed by atoms with Crippen LogP contribution in [0.2, 0.25) is 0 Å². The third-order valence-electron chi connectivity index (χ3n) is 2.96. The van der Waals surface area contributed by atoms with Crippen molar-refractivity contribution in [2.45, 2.75) is 0 Å². The lowest BCUT2D eigenvalue weighted by Crippen LogP contribution is -2.14. The van der Waals surface area contributed by atoms with E-state index >= 15 is 0 Å². The van der Waals surface area contributed by atoms with Gasteiger partial charge in [-0.2, -0.15) is 5.26 Å². The summed E-state index contributed by atoms with van der Waals surface area (Å²) < 4.78 is 0.872. The quantitative estimate of drug-likeness (QED) is 0.538. The van der Waals surface area contributed by atoms with Crippen LogP contribution in [0.15, 0.2) is 64.8 Å². The smallest absolute Gasteiger partial charge is 0.335 e. The highest BCUT2D eigenvalue weighted by molar-refractivity contribution is 9.10. The van der Waals surface area contributed by atoms with Gasteiger partial charge in [0.25, 0.3) is 5.91 Å². The zero-order chi connectivity index (χ0) is 17.5. The molecule has 0 aliphatic carbocycles. The van der Waals surface area contributed by atoms with Crippen molar-refractivity contribution in [3.05, 3.63) is 70.3 Å². The van der Waals surface area contributed by atoms with Gasteiger partial charge in [-0.3, -0.25) is 4.79 Å². The minimum Gasteiger partial charge on any atom is -0.478 e. The highest BCUT2D eigenvalue weighted by atomic mass is 79.9. The minimum absolute atomic E-state index is 0.103. The number of hydrogen-bond acceptors (Lipinski definition) is 4. The number of carbonyl (C=O) groups excluding carboxylic acids is 1. The van der Waals surface area contributed by atoms with Crippen molar-refractivity contribution in [3.63, 3.8) is 0 Å². The van der Waals surface area contributed by atoms with Crippen molar-refractivity contribution in [2.75, 3.05) is 10.6 Å². The monoisotopic (exact) mass is 385 g/mol. The molecule has 0 aliphatic heterocycles. The van der Waals surface area contributed by atoms with Crippen molar-refractivity contribution in [3.8, 4) is 6.07 Å². The second kappa shape index (κ2) is 7.94. The summed E-state index contributed by atoms with van der Waals surface area (Å²) >= 11 is 3.29. The molecule has 7 heteroatoms. The van der Waals surface area contributed by atoms with E-state index in [4.69, 9.17) is 10.4 Å². The third kappa shape index (κ3) is 4.69. The SMILES string of the molecule is N#C/C(=C/Nc1cccc(C(=O)O)c1)C(=O)Nc1ccc(Br)cc1. The Balaban J connectivity index is 2.10. The van der Waals surface area contributed by atoms with Crippen LogP contribution in [0.5, 0.6) is 0 Å². The first-order valence-electron chi connectivity index (χ1n) is 6.76. The van der Waals surface area contributed by atoms with E-state index in [1.165, 1.54) is 18.3 Å². The van der Waals surface area contributed by atoms with Gasteiger partial charge in [-0.05, 0) is 42.5 Å². The maximum atomic E-state index is 12.1.